The molecule has 2 aromatic heterocycles. The van der Waals surface area contributed by atoms with Crippen molar-refractivity contribution >= 4 is 39.3 Å². The lowest BCUT2D eigenvalue weighted by Gasteiger charge is -2.33. The second kappa shape index (κ2) is 8.68. The number of nitrogens with one attached hydrogen (secondary N) is 2. The molecule has 1 amide bonds. The summed E-state index contributed by atoms with van der Waals surface area (Å²) in [6.07, 6.45) is -4.86. The highest BCUT2D eigenvalue weighted by Gasteiger charge is 2.47. The minimum absolute atomic E-state index is 0.0305. The van der Waals surface area contributed by atoms with Crippen molar-refractivity contribution in [2.45, 2.75) is 45.1 Å². The van der Waals surface area contributed by atoms with Crippen LogP contribution in [0.5, 0.6) is 0 Å². The third kappa shape index (κ3) is 4.48. The predicted octanol–water partition coefficient (Wildman–Crippen LogP) is 5.24. The van der Waals surface area contributed by atoms with Crippen LogP contribution in [0.3, 0.4) is 0 Å². The van der Waals surface area contributed by atoms with Gasteiger partial charge in [-0.25, -0.2) is 4.68 Å². The number of hydrogen-bond acceptors (Lipinski definition) is 4. The second-order valence-corrected chi connectivity index (χ2v) is 9.25. The molecule has 0 fully saturated rings. The molecule has 3 aromatic rings. The Hall–Kier alpha value is -2.53. The first-order chi connectivity index (χ1) is 15.5. The van der Waals surface area contributed by atoms with Gasteiger partial charge in [0.25, 0.3) is 5.91 Å². The van der Waals surface area contributed by atoms with Gasteiger partial charge in [0.15, 0.2) is 11.7 Å². The Morgan fingerprint density at radius 3 is 2.52 bits per heavy atom. The van der Waals surface area contributed by atoms with Gasteiger partial charge in [0.2, 0.25) is 0 Å². The van der Waals surface area contributed by atoms with Crippen molar-refractivity contribution in [3.05, 3.63) is 62.0 Å². The van der Waals surface area contributed by atoms with Crippen LogP contribution >= 0.6 is 27.5 Å². The molecule has 0 bridgehead atoms. The summed E-state index contributed by atoms with van der Waals surface area (Å²) >= 11 is 9.71. The molecule has 3 heterocycles. The monoisotopic (exact) mass is 544 g/mol. The van der Waals surface area contributed by atoms with E-state index >= 15 is 0 Å². The van der Waals surface area contributed by atoms with Gasteiger partial charge in [0, 0.05) is 35.7 Å². The number of carbonyl (C=O) groups excluding carboxylic acids is 1. The fraction of sp³-hybridized carbons (Fsp3) is 0.381. The summed E-state index contributed by atoms with van der Waals surface area (Å²) in [5.41, 5.74) is 2.86. The first-order valence-electron chi connectivity index (χ1n) is 10.1. The van der Waals surface area contributed by atoms with Crippen molar-refractivity contribution < 1.29 is 18.0 Å². The van der Waals surface area contributed by atoms with E-state index in [1.54, 1.807) is 36.0 Å². The maximum absolute atomic E-state index is 13.9. The number of rotatable bonds is 4. The molecule has 0 aliphatic carbocycles. The molecule has 0 unspecified atom stereocenters. The van der Waals surface area contributed by atoms with Gasteiger partial charge in [-0.1, -0.05) is 39.7 Å². The summed E-state index contributed by atoms with van der Waals surface area (Å²) in [4.78, 5) is 12.8. The topological polar surface area (TPSA) is 76.8 Å². The summed E-state index contributed by atoms with van der Waals surface area (Å²) in [7, 11) is 1.79. The van der Waals surface area contributed by atoms with Gasteiger partial charge < -0.3 is 10.6 Å². The van der Waals surface area contributed by atoms with E-state index in [0.29, 0.717) is 5.56 Å². The van der Waals surface area contributed by atoms with Crippen molar-refractivity contribution in [2.24, 2.45) is 7.05 Å². The van der Waals surface area contributed by atoms with Gasteiger partial charge in [-0.3, -0.25) is 9.48 Å². The van der Waals surface area contributed by atoms with Crippen LogP contribution in [0, 0.1) is 13.8 Å². The zero-order chi connectivity index (χ0) is 24.1. The standard InChI is InChI=1S/C21H21BrClF3N6O/c1-10-14(11(2)31(3)29-10)9-27-20(33)18-17(23)19-28-15(12-4-6-13(22)7-5-12)8-16(21(24,25)26)32(19)30-18/h4-7,15-16,28H,8-9H2,1-3H3,(H,27,33)/t15-,16+/m1/s1. The molecule has 2 N–H and O–H groups in total. The van der Waals surface area contributed by atoms with Crippen LogP contribution < -0.4 is 10.6 Å². The van der Waals surface area contributed by atoms with Crippen LogP contribution in [0.2, 0.25) is 5.02 Å². The SMILES string of the molecule is Cc1nn(C)c(C)c1CNC(=O)c1nn2c(c1Cl)N[C@@H](c1ccc(Br)cc1)C[C@H]2C(F)(F)F. The van der Waals surface area contributed by atoms with Crippen LogP contribution in [0.15, 0.2) is 28.7 Å². The number of benzene rings is 1. The van der Waals surface area contributed by atoms with Crippen molar-refractivity contribution in [1.29, 1.82) is 0 Å². The van der Waals surface area contributed by atoms with E-state index in [2.05, 4.69) is 36.8 Å². The maximum Gasteiger partial charge on any atom is 0.410 e. The molecule has 0 spiro atoms. The van der Waals surface area contributed by atoms with Gasteiger partial charge in [-0.15, -0.1) is 0 Å². The number of nitrogens with zero attached hydrogens (tertiary/aromatic N) is 4. The van der Waals surface area contributed by atoms with E-state index in [1.165, 1.54) is 0 Å². The first-order valence-corrected chi connectivity index (χ1v) is 11.3. The lowest BCUT2D eigenvalue weighted by Crippen LogP contribution is -2.35. The quantitative estimate of drug-likeness (QED) is 0.470. The fourth-order valence-corrected chi connectivity index (χ4v) is 4.50. The summed E-state index contributed by atoms with van der Waals surface area (Å²) in [6.45, 7) is 3.83. The Labute approximate surface area is 201 Å². The zero-order valence-electron chi connectivity index (χ0n) is 18.0. The number of amides is 1. The van der Waals surface area contributed by atoms with E-state index < -0.39 is 24.2 Å². The molecule has 0 saturated heterocycles. The molecule has 1 aliphatic rings. The van der Waals surface area contributed by atoms with E-state index in [-0.39, 0.29) is 29.5 Å². The average molecular weight is 546 g/mol. The number of fused-ring (bicyclic) bond motifs is 1. The molecule has 12 heteroatoms. The molecule has 176 valence electrons. The molecule has 1 aliphatic heterocycles. The third-order valence-electron chi connectivity index (χ3n) is 5.87. The van der Waals surface area contributed by atoms with Gasteiger partial charge in [-0.05, 0) is 31.5 Å². The summed E-state index contributed by atoms with van der Waals surface area (Å²) in [5, 5.41) is 13.8. The Bertz CT molecular complexity index is 1200. The molecular formula is C21H21BrClF3N6O. The fourth-order valence-electron chi connectivity index (χ4n) is 3.97. The van der Waals surface area contributed by atoms with Crippen LogP contribution in [0.1, 0.15) is 51.5 Å². The molecule has 1 aromatic carbocycles. The number of aromatic nitrogens is 4. The van der Waals surface area contributed by atoms with Crippen molar-refractivity contribution in [3.8, 4) is 0 Å². The predicted molar refractivity (Wildman–Crippen MR) is 121 cm³/mol. The highest BCUT2D eigenvalue weighted by Crippen LogP contribution is 2.46. The van der Waals surface area contributed by atoms with Gasteiger partial charge in [-0.2, -0.15) is 23.4 Å². The summed E-state index contributed by atoms with van der Waals surface area (Å²) in [5.74, 6) is -0.690. The van der Waals surface area contributed by atoms with Crippen molar-refractivity contribution in [1.82, 2.24) is 24.9 Å². The highest BCUT2D eigenvalue weighted by atomic mass is 79.9. The van der Waals surface area contributed by atoms with Gasteiger partial charge in [0.1, 0.15) is 10.8 Å². The lowest BCUT2D eigenvalue weighted by atomic mass is 9.97. The van der Waals surface area contributed by atoms with Crippen LogP contribution in [0.25, 0.3) is 0 Å². The van der Waals surface area contributed by atoms with Crippen molar-refractivity contribution in [3.63, 3.8) is 0 Å². The van der Waals surface area contributed by atoms with E-state index in [1.807, 2.05) is 13.8 Å². The normalized spacial score (nSPS) is 18.1. The smallest absolute Gasteiger partial charge is 0.362 e. The van der Waals surface area contributed by atoms with E-state index in [9.17, 15) is 18.0 Å². The second-order valence-electron chi connectivity index (χ2n) is 7.95. The Kier molecular flexibility index (Phi) is 6.21. The summed E-state index contributed by atoms with van der Waals surface area (Å²) < 4.78 is 45.1. The Morgan fingerprint density at radius 1 is 1.27 bits per heavy atom. The van der Waals surface area contributed by atoms with Crippen molar-refractivity contribution in [2.75, 3.05) is 5.32 Å². The maximum atomic E-state index is 13.9. The number of alkyl halides is 3. The molecule has 0 radical (unpaired) electrons. The lowest BCUT2D eigenvalue weighted by molar-refractivity contribution is -0.173. The van der Waals surface area contributed by atoms with Gasteiger partial charge in [0.05, 0.1) is 11.7 Å². The minimum atomic E-state index is -4.57. The largest absolute Gasteiger partial charge is 0.410 e. The Balaban J connectivity index is 1.64. The van der Waals surface area contributed by atoms with Gasteiger partial charge >= 0.3 is 6.18 Å². The molecule has 4 rings (SSSR count). The van der Waals surface area contributed by atoms with Crippen LogP contribution in [0.4, 0.5) is 19.0 Å². The molecular weight excluding hydrogens is 525 g/mol. The number of halogens is 5. The third-order valence-corrected chi connectivity index (χ3v) is 6.75. The molecule has 7 nitrogen and oxygen atoms in total. The molecule has 33 heavy (non-hydrogen) atoms. The Morgan fingerprint density at radius 2 is 1.94 bits per heavy atom. The molecule has 2 atom stereocenters. The summed E-state index contributed by atoms with van der Waals surface area (Å²) in [6, 6.07) is 4.41. The number of carbonyl (C=O) groups is 1. The van der Waals surface area contributed by atoms with E-state index in [4.69, 9.17) is 11.6 Å². The number of anilines is 1. The van der Waals surface area contributed by atoms with Crippen LogP contribution in [-0.4, -0.2) is 31.6 Å². The zero-order valence-corrected chi connectivity index (χ0v) is 20.3. The molecule has 0 saturated carbocycles. The number of hydrogen-bond donors (Lipinski definition) is 2. The number of aryl methyl sites for hydroxylation is 2. The first kappa shape index (κ1) is 23.6. The highest BCUT2D eigenvalue weighted by molar-refractivity contribution is 9.10. The average Bonchev–Trinajstić information content (AvgIpc) is 3.21. The van der Waals surface area contributed by atoms with Crippen LogP contribution in [-0.2, 0) is 13.6 Å². The van der Waals surface area contributed by atoms with E-state index in [0.717, 1.165) is 26.1 Å². The minimum Gasteiger partial charge on any atom is -0.362 e.